The molecule has 0 aromatic carbocycles. The van der Waals surface area contributed by atoms with Gasteiger partial charge in [-0.3, -0.25) is 4.79 Å². The molecule has 1 spiro atoms. The van der Waals surface area contributed by atoms with Gasteiger partial charge in [0.05, 0.1) is 0 Å². The molecule has 1 aliphatic carbocycles. The summed E-state index contributed by atoms with van der Waals surface area (Å²) in [5.41, 5.74) is 0.615. The van der Waals surface area contributed by atoms with Gasteiger partial charge in [-0.05, 0) is 44.6 Å². The van der Waals surface area contributed by atoms with E-state index in [1.165, 1.54) is 38.5 Å². The molecule has 0 radical (unpaired) electrons. The van der Waals surface area contributed by atoms with Gasteiger partial charge in [0, 0.05) is 25.6 Å². The normalized spacial score (nSPS) is 24.4. The first kappa shape index (κ1) is 13.9. The number of carbonyl (C=O) groups excluding carboxylic acids is 1. The zero-order valence-corrected chi connectivity index (χ0v) is 12.0. The summed E-state index contributed by atoms with van der Waals surface area (Å²) in [5, 5.41) is 3.32. The van der Waals surface area contributed by atoms with E-state index in [9.17, 15) is 4.79 Å². The van der Waals surface area contributed by atoms with Crippen molar-refractivity contribution in [2.45, 2.75) is 64.8 Å². The highest BCUT2D eigenvalue weighted by atomic mass is 16.2. The summed E-state index contributed by atoms with van der Waals surface area (Å²) in [5.74, 6) is 0.344. The van der Waals surface area contributed by atoms with Crippen molar-refractivity contribution in [2.75, 3.05) is 19.6 Å². The fraction of sp³-hybridized carbons (Fsp3) is 0.933. The Morgan fingerprint density at radius 3 is 2.39 bits per heavy atom. The third-order valence-corrected chi connectivity index (χ3v) is 4.87. The highest BCUT2D eigenvalue weighted by Gasteiger charge is 2.37. The molecule has 1 heterocycles. The third-order valence-electron chi connectivity index (χ3n) is 4.87. The van der Waals surface area contributed by atoms with E-state index < -0.39 is 0 Å². The van der Waals surface area contributed by atoms with E-state index in [0.717, 1.165) is 19.6 Å². The Balaban J connectivity index is 1.76. The Bertz CT molecular complexity index is 274. The zero-order valence-electron chi connectivity index (χ0n) is 12.0. The fourth-order valence-corrected chi connectivity index (χ4v) is 3.67. The minimum absolute atomic E-state index is 0.310. The van der Waals surface area contributed by atoms with Gasteiger partial charge in [-0.15, -0.1) is 0 Å². The summed E-state index contributed by atoms with van der Waals surface area (Å²) < 4.78 is 0. The number of piperidine rings is 1. The predicted molar refractivity (Wildman–Crippen MR) is 74.5 cm³/mol. The van der Waals surface area contributed by atoms with Crippen molar-refractivity contribution in [3.05, 3.63) is 0 Å². The fourth-order valence-electron chi connectivity index (χ4n) is 3.67. The lowest BCUT2D eigenvalue weighted by molar-refractivity contribution is -0.133. The SMILES string of the molecule is CCNC(C)CC(=O)N1CCC2(CCCC2)CC1. The molecule has 1 saturated heterocycles. The number of nitrogens with one attached hydrogen (secondary N) is 1. The van der Waals surface area contributed by atoms with Gasteiger partial charge in [0.2, 0.25) is 5.91 Å². The van der Waals surface area contributed by atoms with E-state index >= 15 is 0 Å². The van der Waals surface area contributed by atoms with Crippen LogP contribution < -0.4 is 5.32 Å². The van der Waals surface area contributed by atoms with E-state index in [1.54, 1.807) is 0 Å². The van der Waals surface area contributed by atoms with Crippen LogP contribution in [0.15, 0.2) is 0 Å². The van der Waals surface area contributed by atoms with Crippen molar-refractivity contribution < 1.29 is 4.79 Å². The topological polar surface area (TPSA) is 32.3 Å². The highest BCUT2D eigenvalue weighted by molar-refractivity contribution is 5.76. The lowest BCUT2D eigenvalue weighted by atomic mass is 9.77. The summed E-state index contributed by atoms with van der Waals surface area (Å²) in [6.07, 6.45) is 8.77. The number of hydrogen-bond acceptors (Lipinski definition) is 2. The predicted octanol–water partition coefficient (Wildman–Crippen LogP) is 2.56. The van der Waals surface area contributed by atoms with Gasteiger partial charge in [0.1, 0.15) is 0 Å². The minimum Gasteiger partial charge on any atom is -0.343 e. The molecule has 1 aliphatic heterocycles. The van der Waals surface area contributed by atoms with E-state index in [0.29, 0.717) is 23.8 Å². The van der Waals surface area contributed by atoms with Crippen LogP contribution in [0.3, 0.4) is 0 Å². The van der Waals surface area contributed by atoms with E-state index in [2.05, 4.69) is 24.1 Å². The van der Waals surface area contributed by atoms with Crippen LogP contribution in [0.1, 0.15) is 58.8 Å². The van der Waals surface area contributed by atoms with Crippen LogP contribution in [-0.2, 0) is 4.79 Å². The summed E-state index contributed by atoms with van der Waals surface area (Å²) in [6.45, 7) is 7.13. The first-order chi connectivity index (χ1) is 8.65. The Morgan fingerprint density at radius 2 is 1.83 bits per heavy atom. The molecule has 3 heteroatoms. The van der Waals surface area contributed by atoms with Crippen LogP contribution in [0.5, 0.6) is 0 Å². The van der Waals surface area contributed by atoms with Gasteiger partial charge in [-0.1, -0.05) is 19.8 Å². The van der Waals surface area contributed by atoms with Gasteiger partial charge in [-0.2, -0.15) is 0 Å². The second kappa shape index (κ2) is 6.05. The van der Waals surface area contributed by atoms with Crippen molar-refractivity contribution in [2.24, 2.45) is 5.41 Å². The Morgan fingerprint density at radius 1 is 1.22 bits per heavy atom. The summed E-state index contributed by atoms with van der Waals surface area (Å²) in [7, 11) is 0. The molecule has 0 aromatic heterocycles. The number of amides is 1. The Labute approximate surface area is 111 Å². The van der Waals surface area contributed by atoms with Crippen LogP contribution in [-0.4, -0.2) is 36.5 Å². The van der Waals surface area contributed by atoms with Crippen LogP contribution in [0, 0.1) is 5.41 Å². The Hall–Kier alpha value is -0.570. The van der Waals surface area contributed by atoms with Crippen LogP contribution in [0.25, 0.3) is 0 Å². The molecule has 1 amide bonds. The van der Waals surface area contributed by atoms with Crippen LogP contribution >= 0.6 is 0 Å². The van der Waals surface area contributed by atoms with Gasteiger partial charge >= 0.3 is 0 Å². The van der Waals surface area contributed by atoms with E-state index in [-0.39, 0.29) is 0 Å². The number of nitrogens with zero attached hydrogens (tertiary/aromatic N) is 1. The second-order valence-corrected chi connectivity index (χ2v) is 6.25. The number of rotatable bonds is 4. The number of carbonyl (C=O) groups is 1. The van der Waals surface area contributed by atoms with Crippen LogP contribution in [0.4, 0.5) is 0 Å². The lowest BCUT2D eigenvalue weighted by Gasteiger charge is -2.39. The van der Waals surface area contributed by atoms with Crippen molar-refractivity contribution in [1.29, 1.82) is 0 Å². The summed E-state index contributed by atoms with van der Waals surface area (Å²) in [4.78, 5) is 14.3. The molecule has 18 heavy (non-hydrogen) atoms. The molecule has 2 rings (SSSR count). The van der Waals surface area contributed by atoms with Crippen molar-refractivity contribution >= 4 is 5.91 Å². The number of likely N-dealkylation sites (tertiary alicyclic amines) is 1. The molecule has 1 saturated carbocycles. The molecule has 2 fully saturated rings. The van der Waals surface area contributed by atoms with Gasteiger partial charge < -0.3 is 10.2 Å². The molecule has 104 valence electrons. The Kier molecular flexibility index (Phi) is 4.66. The molecule has 2 aliphatic rings. The average Bonchev–Trinajstić information content (AvgIpc) is 2.78. The standard InChI is InChI=1S/C15H28N2O/c1-3-16-13(2)12-14(18)17-10-8-15(9-11-17)6-4-5-7-15/h13,16H,3-12H2,1-2H3. The largest absolute Gasteiger partial charge is 0.343 e. The first-order valence-corrected chi connectivity index (χ1v) is 7.66. The van der Waals surface area contributed by atoms with Gasteiger partial charge in [-0.25, -0.2) is 0 Å². The van der Waals surface area contributed by atoms with E-state index in [1.807, 2.05) is 0 Å². The molecule has 3 nitrogen and oxygen atoms in total. The maximum absolute atomic E-state index is 12.2. The highest BCUT2D eigenvalue weighted by Crippen LogP contribution is 2.46. The quantitative estimate of drug-likeness (QED) is 0.834. The third kappa shape index (κ3) is 3.25. The second-order valence-electron chi connectivity index (χ2n) is 6.25. The van der Waals surface area contributed by atoms with Crippen molar-refractivity contribution in [3.63, 3.8) is 0 Å². The lowest BCUT2D eigenvalue weighted by Crippen LogP contribution is -2.44. The molecule has 0 aromatic rings. The molecular weight excluding hydrogens is 224 g/mol. The number of hydrogen-bond donors (Lipinski definition) is 1. The maximum Gasteiger partial charge on any atom is 0.224 e. The molecule has 1 unspecified atom stereocenters. The zero-order chi connectivity index (χ0) is 13.0. The monoisotopic (exact) mass is 252 g/mol. The van der Waals surface area contributed by atoms with E-state index in [4.69, 9.17) is 0 Å². The van der Waals surface area contributed by atoms with Crippen molar-refractivity contribution in [1.82, 2.24) is 10.2 Å². The van der Waals surface area contributed by atoms with Gasteiger partial charge in [0.15, 0.2) is 0 Å². The minimum atomic E-state index is 0.310. The maximum atomic E-state index is 12.2. The molecular formula is C15H28N2O. The average molecular weight is 252 g/mol. The van der Waals surface area contributed by atoms with Crippen LogP contribution in [0.2, 0.25) is 0 Å². The smallest absolute Gasteiger partial charge is 0.224 e. The molecule has 1 N–H and O–H groups in total. The summed E-state index contributed by atoms with van der Waals surface area (Å²) in [6, 6.07) is 0.310. The van der Waals surface area contributed by atoms with Crippen molar-refractivity contribution in [3.8, 4) is 0 Å². The molecule has 1 atom stereocenters. The first-order valence-electron chi connectivity index (χ1n) is 7.66. The van der Waals surface area contributed by atoms with Gasteiger partial charge in [0.25, 0.3) is 0 Å². The summed E-state index contributed by atoms with van der Waals surface area (Å²) >= 11 is 0. The molecule has 0 bridgehead atoms.